The van der Waals surface area contributed by atoms with Crippen molar-refractivity contribution in [2.75, 3.05) is 26.2 Å². The molecule has 2 heterocycles. The Labute approximate surface area is 153 Å². The van der Waals surface area contributed by atoms with Crippen molar-refractivity contribution in [1.82, 2.24) is 19.6 Å². The van der Waals surface area contributed by atoms with Crippen LogP contribution in [0.4, 0.5) is 0 Å². The first-order valence-electron chi connectivity index (χ1n) is 9.24. The maximum absolute atomic E-state index is 12.6. The van der Waals surface area contributed by atoms with Gasteiger partial charge in [0.15, 0.2) is 0 Å². The highest BCUT2D eigenvalue weighted by atomic mass is 16.2. The minimum Gasteiger partial charge on any atom is -0.340 e. The monoisotopic (exact) mass is 348 g/mol. The van der Waals surface area contributed by atoms with E-state index < -0.39 is 0 Å². The van der Waals surface area contributed by atoms with Gasteiger partial charge in [-0.3, -0.25) is 14.4 Å². The smallest absolute Gasteiger partial charge is 0.224 e. The van der Waals surface area contributed by atoms with Crippen LogP contribution in [0.3, 0.4) is 0 Å². The maximum atomic E-state index is 12.6. The predicted molar refractivity (Wildman–Crippen MR) is 103 cm³/mol. The molecule has 26 heavy (non-hydrogen) atoms. The highest BCUT2D eigenvalue weighted by molar-refractivity contribution is 5.79. The molecule has 1 aliphatic rings. The topological polar surface area (TPSA) is 41.4 Å². The molecular weight excluding hydrogens is 324 g/mol. The Hall–Kier alpha value is -2.66. The van der Waals surface area contributed by atoms with Gasteiger partial charge in [0.1, 0.15) is 0 Å². The van der Waals surface area contributed by atoms with E-state index in [-0.39, 0.29) is 5.91 Å². The summed E-state index contributed by atoms with van der Waals surface area (Å²) in [7, 11) is 0. The minimum atomic E-state index is 0.226. The molecule has 0 N–H and O–H groups in total. The predicted octanol–water partition coefficient (Wildman–Crippen LogP) is 2.77. The largest absolute Gasteiger partial charge is 0.340 e. The van der Waals surface area contributed by atoms with Crippen LogP contribution in [0.5, 0.6) is 0 Å². The average molecular weight is 348 g/mol. The van der Waals surface area contributed by atoms with Crippen LogP contribution >= 0.6 is 0 Å². The van der Waals surface area contributed by atoms with Gasteiger partial charge in [-0.05, 0) is 11.6 Å². The van der Waals surface area contributed by atoms with Crippen LogP contribution in [-0.2, 0) is 17.9 Å². The molecule has 0 saturated carbocycles. The molecule has 3 aromatic rings. The van der Waals surface area contributed by atoms with Gasteiger partial charge < -0.3 is 4.90 Å². The third-order valence-electron chi connectivity index (χ3n) is 5.06. The summed E-state index contributed by atoms with van der Waals surface area (Å²) in [6, 6.07) is 18.6. The van der Waals surface area contributed by atoms with Gasteiger partial charge in [-0.25, -0.2) is 0 Å². The molecule has 1 aliphatic heterocycles. The molecule has 1 fully saturated rings. The number of nitrogens with zero attached hydrogens (tertiary/aromatic N) is 4. The summed E-state index contributed by atoms with van der Waals surface area (Å²) in [6.07, 6.45) is 2.37. The quantitative estimate of drug-likeness (QED) is 0.712. The third kappa shape index (κ3) is 3.78. The Morgan fingerprint density at radius 1 is 0.923 bits per heavy atom. The summed E-state index contributed by atoms with van der Waals surface area (Å²) in [5, 5.41) is 5.53. The van der Waals surface area contributed by atoms with Crippen LogP contribution in [-0.4, -0.2) is 51.7 Å². The van der Waals surface area contributed by atoms with Gasteiger partial charge in [-0.15, -0.1) is 0 Å². The van der Waals surface area contributed by atoms with Gasteiger partial charge in [0, 0.05) is 44.5 Å². The number of aromatic nitrogens is 2. The molecule has 0 aliphatic carbocycles. The molecular formula is C21H24N4O. The number of hydrogen-bond acceptors (Lipinski definition) is 3. The van der Waals surface area contributed by atoms with Crippen molar-refractivity contribution in [3.63, 3.8) is 0 Å². The number of carbonyl (C=O) groups excluding carboxylic acids is 1. The van der Waals surface area contributed by atoms with E-state index in [1.165, 1.54) is 5.56 Å². The van der Waals surface area contributed by atoms with Crippen LogP contribution in [0.25, 0.3) is 10.9 Å². The second-order valence-corrected chi connectivity index (χ2v) is 6.82. The number of aryl methyl sites for hydroxylation is 1. The van der Waals surface area contributed by atoms with E-state index in [1.54, 1.807) is 0 Å². The second kappa shape index (κ2) is 7.70. The van der Waals surface area contributed by atoms with Crippen LogP contribution in [0.1, 0.15) is 12.0 Å². The second-order valence-electron chi connectivity index (χ2n) is 6.82. The minimum absolute atomic E-state index is 0.226. The Kier molecular flexibility index (Phi) is 4.97. The Balaban J connectivity index is 1.27. The summed E-state index contributed by atoms with van der Waals surface area (Å²) in [5.74, 6) is 0.226. The molecule has 0 unspecified atom stereocenters. The Bertz CT molecular complexity index is 866. The number of para-hydroxylation sites is 1. The zero-order chi connectivity index (χ0) is 17.8. The van der Waals surface area contributed by atoms with Crippen LogP contribution in [0, 0.1) is 0 Å². The van der Waals surface area contributed by atoms with Gasteiger partial charge in [0.25, 0.3) is 0 Å². The SMILES string of the molecule is O=C(CCn1ncc2ccccc21)N1CCN(Cc2ccccc2)CC1. The number of fused-ring (bicyclic) bond motifs is 1. The van der Waals surface area contributed by atoms with E-state index in [2.05, 4.69) is 40.3 Å². The standard InChI is InChI=1S/C21H24N4O/c26-21(10-11-25-20-9-5-4-8-19(20)16-22-25)24-14-12-23(13-15-24)17-18-6-2-1-3-7-18/h1-9,16H,10-15,17H2. The molecule has 1 amide bonds. The van der Waals surface area contributed by atoms with E-state index >= 15 is 0 Å². The van der Waals surface area contributed by atoms with Crippen molar-refractivity contribution < 1.29 is 4.79 Å². The highest BCUT2D eigenvalue weighted by Crippen LogP contribution is 2.14. The zero-order valence-electron chi connectivity index (χ0n) is 14.9. The number of benzene rings is 2. The molecule has 0 atom stereocenters. The lowest BCUT2D eigenvalue weighted by molar-refractivity contribution is -0.133. The van der Waals surface area contributed by atoms with Gasteiger partial charge >= 0.3 is 0 Å². The molecule has 5 heteroatoms. The molecule has 2 aromatic carbocycles. The van der Waals surface area contributed by atoms with Crippen molar-refractivity contribution in [3.05, 3.63) is 66.4 Å². The van der Waals surface area contributed by atoms with Gasteiger partial charge in [-0.2, -0.15) is 5.10 Å². The molecule has 134 valence electrons. The lowest BCUT2D eigenvalue weighted by atomic mass is 10.2. The molecule has 1 saturated heterocycles. The number of carbonyl (C=O) groups is 1. The van der Waals surface area contributed by atoms with Crippen LogP contribution < -0.4 is 0 Å². The fourth-order valence-electron chi connectivity index (χ4n) is 3.56. The molecule has 0 radical (unpaired) electrons. The van der Waals surface area contributed by atoms with E-state index in [1.807, 2.05) is 40.0 Å². The number of rotatable bonds is 5. The lowest BCUT2D eigenvalue weighted by Crippen LogP contribution is -2.48. The molecule has 0 bridgehead atoms. The number of amides is 1. The molecule has 5 nitrogen and oxygen atoms in total. The van der Waals surface area contributed by atoms with E-state index in [4.69, 9.17) is 0 Å². The molecule has 4 rings (SSSR count). The zero-order valence-corrected chi connectivity index (χ0v) is 14.9. The van der Waals surface area contributed by atoms with Gasteiger partial charge in [-0.1, -0.05) is 48.5 Å². The van der Waals surface area contributed by atoms with E-state index in [0.717, 1.165) is 43.6 Å². The third-order valence-corrected chi connectivity index (χ3v) is 5.06. The van der Waals surface area contributed by atoms with Crippen molar-refractivity contribution >= 4 is 16.8 Å². The molecule has 1 aromatic heterocycles. The first kappa shape index (κ1) is 16.8. The van der Waals surface area contributed by atoms with E-state index in [0.29, 0.717) is 13.0 Å². The maximum Gasteiger partial charge on any atom is 0.224 e. The normalized spacial score (nSPS) is 15.5. The van der Waals surface area contributed by atoms with Gasteiger partial charge in [0.05, 0.1) is 18.3 Å². The summed E-state index contributed by atoms with van der Waals surface area (Å²) in [5.41, 5.74) is 2.42. The van der Waals surface area contributed by atoms with Gasteiger partial charge in [0.2, 0.25) is 5.91 Å². The van der Waals surface area contributed by atoms with Crippen molar-refractivity contribution in [2.45, 2.75) is 19.5 Å². The van der Waals surface area contributed by atoms with Crippen molar-refractivity contribution in [2.24, 2.45) is 0 Å². The van der Waals surface area contributed by atoms with E-state index in [9.17, 15) is 4.79 Å². The van der Waals surface area contributed by atoms with Crippen LogP contribution in [0.15, 0.2) is 60.8 Å². The lowest BCUT2D eigenvalue weighted by Gasteiger charge is -2.34. The first-order chi connectivity index (χ1) is 12.8. The number of hydrogen-bond donors (Lipinski definition) is 0. The Morgan fingerprint density at radius 3 is 2.46 bits per heavy atom. The summed E-state index contributed by atoms with van der Waals surface area (Å²) in [4.78, 5) is 17.0. The Morgan fingerprint density at radius 2 is 1.65 bits per heavy atom. The first-order valence-corrected chi connectivity index (χ1v) is 9.24. The van der Waals surface area contributed by atoms with Crippen molar-refractivity contribution in [1.29, 1.82) is 0 Å². The van der Waals surface area contributed by atoms with Crippen LogP contribution in [0.2, 0.25) is 0 Å². The average Bonchev–Trinajstić information content (AvgIpc) is 3.11. The summed E-state index contributed by atoms with van der Waals surface area (Å²) < 4.78 is 1.93. The van der Waals surface area contributed by atoms with Crippen molar-refractivity contribution in [3.8, 4) is 0 Å². The fraction of sp³-hybridized carbons (Fsp3) is 0.333. The fourth-order valence-corrected chi connectivity index (χ4v) is 3.56. The summed E-state index contributed by atoms with van der Waals surface area (Å²) in [6.45, 7) is 5.09. The highest BCUT2D eigenvalue weighted by Gasteiger charge is 2.21. The molecule has 0 spiro atoms. The summed E-state index contributed by atoms with van der Waals surface area (Å²) >= 11 is 0. The number of piperazine rings is 1.